The van der Waals surface area contributed by atoms with Crippen LogP contribution >= 0.6 is 11.6 Å². The molecule has 3 aromatic carbocycles. The van der Waals surface area contributed by atoms with E-state index in [0.29, 0.717) is 11.6 Å². The fraction of sp³-hybridized carbons (Fsp3) is 0.0500. The van der Waals surface area contributed by atoms with Crippen LogP contribution in [0.2, 0.25) is 5.02 Å². The smallest absolute Gasteiger partial charge is 0.210 e. The second kappa shape index (κ2) is 6.78. The maximum absolute atomic E-state index is 13.3. The normalized spacial score (nSPS) is 17.7. The number of guanidine groups is 1. The molecule has 26 heavy (non-hydrogen) atoms. The van der Waals surface area contributed by atoms with Crippen molar-refractivity contribution < 1.29 is 9.50 Å². The predicted octanol–water partition coefficient (Wildman–Crippen LogP) is 5.09. The standard InChI is InChI=1S/C20H15ClFN3O/c21-16-12-13(22)10-11-18(16)24-20-23-17-9-5-4-8-15(17)19(26)25(20)14-6-2-1-3-7-14/h1-12,19,26H,(H,23,24). The number of rotatable bonds is 2. The first-order valence-electron chi connectivity index (χ1n) is 8.05. The van der Waals surface area contributed by atoms with Gasteiger partial charge in [0.15, 0.2) is 6.23 Å². The van der Waals surface area contributed by atoms with E-state index in [4.69, 9.17) is 11.6 Å². The van der Waals surface area contributed by atoms with Gasteiger partial charge in [-0.2, -0.15) is 0 Å². The lowest BCUT2D eigenvalue weighted by Gasteiger charge is -2.37. The quantitative estimate of drug-likeness (QED) is 0.663. The van der Waals surface area contributed by atoms with Gasteiger partial charge in [0.25, 0.3) is 0 Å². The second-order valence-electron chi connectivity index (χ2n) is 5.82. The summed E-state index contributed by atoms with van der Waals surface area (Å²) < 4.78 is 13.3. The number of nitrogens with zero attached hydrogens (tertiary/aromatic N) is 2. The third-order valence-corrected chi connectivity index (χ3v) is 4.43. The maximum Gasteiger partial charge on any atom is 0.210 e. The van der Waals surface area contributed by atoms with Crippen LogP contribution < -0.4 is 10.2 Å². The molecule has 4 nitrogen and oxygen atoms in total. The lowest BCUT2D eigenvalue weighted by atomic mass is 10.1. The molecule has 4 rings (SSSR count). The van der Waals surface area contributed by atoms with Gasteiger partial charge in [-0.05, 0) is 36.4 Å². The molecule has 0 bridgehead atoms. The van der Waals surface area contributed by atoms with Crippen molar-refractivity contribution in [3.8, 4) is 0 Å². The van der Waals surface area contributed by atoms with Gasteiger partial charge in [-0.15, -0.1) is 0 Å². The number of aliphatic hydroxyl groups is 1. The number of anilines is 2. The van der Waals surface area contributed by atoms with Gasteiger partial charge < -0.3 is 10.4 Å². The summed E-state index contributed by atoms with van der Waals surface area (Å²) in [6.45, 7) is 0. The molecule has 130 valence electrons. The van der Waals surface area contributed by atoms with Gasteiger partial charge >= 0.3 is 0 Å². The summed E-state index contributed by atoms with van der Waals surface area (Å²) in [7, 11) is 0. The fourth-order valence-corrected chi connectivity index (χ4v) is 3.10. The minimum absolute atomic E-state index is 0.195. The van der Waals surface area contributed by atoms with Crippen molar-refractivity contribution in [1.29, 1.82) is 0 Å². The zero-order valence-corrected chi connectivity index (χ0v) is 14.4. The highest BCUT2D eigenvalue weighted by molar-refractivity contribution is 6.33. The van der Waals surface area contributed by atoms with E-state index in [0.717, 1.165) is 16.9 Å². The van der Waals surface area contributed by atoms with Crippen molar-refractivity contribution >= 4 is 34.6 Å². The monoisotopic (exact) mass is 367 g/mol. The highest BCUT2D eigenvalue weighted by Gasteiger charge is 2.30. The van der Waals surface area contributed by atoms with E-state index < -0.39 is 12.0 Å². The van der Waals surface area contributed by atoms with Crippen LogP contribution in [-0.4, -0.2) is 11.1 Å². The van der Waals surface area contributed by atoms with Gasteiger partial charge in [0, 0.05) is 16.9 Å². The number of aliphatic hydroxyl groups excluding tert-OH is 1. The maximum atomic E-state index is 13.3. The van der Waals surface area contributed by atoms with Crippen LogP contribution in [0.25, 0.3) is 0 Å². The minimum Gasteiger partial charge on any atom is -0.369 e. The minimum atomic E-state index is -0.923. The van der Waals surface area contributed by atoms with E-state index >= 15 is 0 Å². The van der Waals surface area contributed by atoms with Crippen molar-refractivity contribution in [2.24, 2.45) is 4.99 Å². The third-order valence-electron chi connectivity index (χ3n) is 4.13. The van der Waals surface area contributed by atoms with E-state index in [9.17, 15) is 9.50 Å². The van der Waals surface area contributed by atoms with Gasteiger partial charge in [-0.3, -0.25) is 4.90 Å². The van der Waals surface area contributed by atoms with Gasteiger partial charge in [-0.1, -0.05) is 48.0 Å². The third kappa shape index (κ3) is 3.03. The Morgan fingerprint density at radius 1 is 1.00 bits per heavy atom. The van der Waals surface area contributed by atoms with Crippen LogP contribution in [0.5, 0.6) is 0 Å². The number of benzene rings is 3. The average Bonchev–Trinajstić information content (AvgIpc) is 2.65. The highest BCUT2D eigenvalue weighted by Crippen LogP contribution is 2.36. The molecule has 1 atom stereocenters. The first kappa shape index (κ1) is 16.6. The summed E-state index contributed by atoms with van der Waals surface area (Å²) in [5, 5.41) is 14.4. The molecule has 0 fully saturated rings. The van der Waals surface area contributed by atoms with Gasteiger partial charge in [0.05, 0.1) is 10.7 Å². The molecule has 0 spiro atoms. The largest absolute Gasteiger partial charge is 0.369 e. The second-order valence-corrected chi connectivity index (χ2v) is 6.23. The molecule has 3 aromatic rings. The summed E-state index contributed by atoms with van der Waals surface area (Å²) >= 11 is 6.12. The van der Waals surface area contributed by atoms with E-state index in [1.54, 1.807) is 4.90 Å². The van der Waals surface area contributed by atoms with Crippen LogP contribution in [0, 0.1) is 5.82 Å². The summed E-state index contributed by atoms with van der Waals surface area (Å²) in [6.07, 6.45) is -0.923. The molecule has 0 aromatic heterocycles. The Labute approximate surface area is 155 Å². The van der Waals surface area contributed by atoms with Crippen LogP contribution in [0.1, 0.15) is 11.8 Å². The summed E-state index contributed by atoms with van der Waals surface area (Å²) in [5.74, 6) is -0.0308. The van der Waals surface area contributed by atoms with Crippen molar-refractivity contribution in [2.45, 2.75) is 6.23 Å². The van der Waals surface area contributed by atoms with Crippen LogP contribution in [-0.2, 0) is 0 Å². The summed E-state index contributed by atoms with van der Waals surface area (Å²) in [6, 6.07) is 20.9. The number of halogens is 2. The molecule has 1 unspecified atom stereocenters. The van der Waals surface area contributed by atoms with Crippen LogP contribution in [0.4, 0.5) is 21.5 Å². The molecular formula is C20H15ClFN3O. The predicted molar refractivity (Wildman–Crippen MR) is 102 cm³/mol. The first-order chi connectivity index (χ1) is 12.6. The SMILES string of the molecule is OC1c2ccccc2NC(=Nc2ccc(F)cc2Cl)N1c1ccccc1. The number of hydrogen-bond acceptors (Lipinski definition) is 2. The molecule has 0 saturated heterocycles. The first-order valence-corrected chi connectivity index (χ1v) is 8.43. The Morgan fingerprint density at radius 3 is 2.50 bits per heavy atom. The van der Waals surface area contributed by atoms with Crippen molar-refractivity contribution in [3.05, 3.63) is 89.2 Å². The van der Waals surface area contributed by atoms with E-state index in [1.807, 2.05) is 54.6 Å². The number of para-hydroxylation sites is 2. The lowest BCUT2D eigenvalue weighted by molar-refractivity contribution is 0.186. The Morgan fingerprint density at radius 2 is 1.73 bits per heavy atom. The Kier molecular flexibility index (Phi) is 4.32. The molecule has 0 aliphatic carbocycles. The van der Waals surface area contributed by atoms with Gasteiger partial charge in [0.2, 0.25) is 5.96 Å². The van der Waals surface area contributed by atoms with Gasteiger partial charge in [-0.25, -0.2) is 9.38 Å². The summed E-state index contributed by atoms with van der Waals surface area (Å²) in [4.78, 5) is 6.21. The van der Waals surface area contributed by atoms with Crippen LogP contribution in [0.3, 0.4) is 0 Å². The van der Waals surface area contributed by atoms with Gasteiger partial charge in [0.1, 0.15) is 5.82 Å². The molecule has 0 saturated carbocycles. The van der Waals surface area contributed by atoms with Crippen LogP contribution in [0.15, 0.2) is 77.8 Å². The molecule has 1 aliphatic heterocycles. The van der Waals surface area contributed by atoms with E-state index in [1.165, 1.54) is 18.2 Å². The van der Waals surface area contributed by atoms with Crippen molar-refractivity contribution in [3.63, 3.8) is 0 Å². The number of aliphatic imine (C=N–C) groups is 1. The number of hydrogen-bond donors (Lipinski definition) is 2. The Hall–Kier alpha value is -2.89. The van der Waals surface area contributed by atoms with E-state index in [2.05, 4.69) is 10.3 Å². The molecule has 1 heterocycles. The molecule has 0 amide bonds. The zero-order chi connectivity index (χ0) is 18.1. The molecule has 1 aliphatic rings. The van der Waals surface area contributed by atoms with E-state index in [-0.39, 0.29) is 5.02 Å². The molecule has 0 radical (unpaired) electrons. The average molecular weight is 368 g/mol. The lowest BCUT2D eigenvalue weighted by Crippen LogP contribution is -2.43. The molecular weight excluding hydrogens is 353 g/mol. The Balaban J connectivity index is 1.86. The number of fused-ring (bicyclic) bond motifs is 1. The molecule has 6 heteroatoms. The highest BCUT2D eigenvalue weighted by atomic mass is 35.5. The Bertz CT molecular complexity index is 978. The zero-order valence-electron chi connectivity index (χ0n) is 13.6. The summed E-state index contributed by atoms with van der Waals surface area (Å²) in [5.41, 5.74) is 2.66. The molecule has 2 N–H and O–H groups in total. The van der Waals surface area contributed by atoms with Crippen molar-refractivity contribution in [2.75, 3.05) is 10.2 Å². The van der Waals surface area contributed by atoms with Crippen molar-refractivity contribution in [1.82, 2.24) is 0 Å². The number of nitrogens with one attached hydrogen (secondary N) is 1. The topological polar surface area (TPSA) is 47.9 Å². The fourth-order valence-electron chi connectivity index (χ4n) is 2.89.